The monoisotopic (exact) mass is 315 g/mol. The van der Waals surface area contributed by atoms with E-state index >= 15 is 0 Å². The van der Waals surface area contributed by atoms with Gasteiger partial charge in [0.25, 0.3) is 0 Å². The standard InChI is InChI=1S/C13H9N.H3P.Ru/c1-3-7-12-10(5-1)9-11-6-2-4-8-13(11)14-12;;/h1-9H;1H3;. The van der Waals surface area contributed by atoms with Crippen LogP contribution in [0.15, 0.2) is 54.6 Å². The number of fused-ring (bicyclic) bond motifs is 2. The molecular weight excluding hydrogens is 302 g/mol. The molecule has 0 aliphatic heterocycles. The van der Waals surface area contributed by atoms with Gasteiger partial charge >= 0.3 is 0 Å². The Morgan fingerprint density at radius 1 is 0.688 bits per heavy atom. The third-order valence-electron chi connectivity index (χ3n) is 2.43. The van der Waals surface area contributed by atoms with Crippen molar-refractivity contribution in [2.75, 3.05) is 0 Å². The van der Waals surface area contributed by atoms with Gasteiger partial charge in [-0.15, -0.1) is 0 Å². The van der Waals surface area contributed by atoms with Crippen molar-refractivity contribution in [2.24, 2.45) is 0 Å². The summed E-state index contributed by atoms with van der Waals surface area (Å²) in [6.07, 6.45) is 0. The smallest absolute Gasteiger partial charge is 0.0709 e. The molecule has 1 aromatic heterocycles. The molecule has 3 heteroatoms. The predicted octanol–water partition coefficient (Wildman–Crippen LogP) is 3.44. The number of hydrogen-bond acceptors (Lipinski definition) is 1. The predicted molar refractivity (Wildman–Crippen MR) is 70.4 cm³/mol. The van der Waals surface area contributed by atoms with Crippen LogP contribution in [0.1, 0.15) is 0 Å². The molecule has 3 rings (SSSR count). The van der Waals surface area contributed by atoms with Crippen molar-refractivity contribution >= 4 is 31.7 Å². The van der Waals surface area contributed by atoms with Crippen molar-refractivity contribution in [3.05, 3.63) is 54.6 Å². The van der Waals surface area contributed by atoms with Gasteiger partial charge in [-0.25, -0.2) is 4.98 Å². The Labute approximate surface area is 111 Å². The van der Waals surface area contributed by atoms with Crippen molar-refractivity contribution < 1.29 is 19.5 Å². The molecule has 0 bridgehead atoms. The van der Waals surface area contributed by atoms with Crippen molar-refractivity contribution in [3.63, 3.8) is 0 Å². The summed E-state index contributed by atoms with van der Waals surface area (Å²) in [6, 6.07) is 18.6. The van der Waals surface area contributed by atoms with Crippen LogP contribution in [-0.4, -0.2) is 4.98 Å². The Morgan fingerprint density at radius 2 is 1.12 bits per heavy atom. The Balaban J connectivity index is 0.000000640. The van der Waals surface area contributed by atoms with Gasteiger partial charge in [-0.1, -0.05) is 36.4 Å². The summed E-state index contributed by atoms with van der Waals surface area (Å²) in [7, 11) is 0. The van der Waals surface area contributed by atoms with Gasteiger partial charge in [0.05, 0.1) is 11.0 Å². The van der Waals surface area contributed by atoms with Crippen LogP contribution in [0.2, 0.25) is 0 Å². The van der Waals surface area contributed by atoms with Gasteiger partial charge in [0.2, 0.25) is 0 Å². The van der Waals surface area contributed by atoms with Gasteiger partial charge in [-0.2, -0.15) is 9.90 Å². The van der Waals surface area contributed by atoms with Crippen LogP contribution in [-0.2, 0) is 19.5 Å². The minimum Gasteiger partial charge on any atom is -0.248 e. The van der Waals surface area contributed by atoms with E-state index in [9.17, 15) is 0 Å². The van der Waals surface area contributed by atoms with Crippen LogP contribution in [0.3, 0.4) is 0 Å². The molecule has 0 aliphatic rings. The van der Waals surface area contributed by atoms with E-state index in [1.165, 1.54) is 10.8 Å². The minimum absolute atomic E-state index is 0. The Kier molecular flexibility index (Phi) is 4.53. The van der Waals surface area contributed by atoms with E-state index in [1.807, 2.05) is 36.4 Å². The number of hydrogen-bond donors (Lipinski definition) is 0. The van der Waals surface area contributed by atoms with Crippen LogP contribution in [0.25, 0.3) is 21.8 Å². The molecule has 3 aromatic rings. The van der Waals surface area contributed by atoms with E-state index in [4.69, 9.17) is 0 Å². The van der Waals surface area contributed by atoms with Crippen LogP contribution >= 0.6 is 9.90 Å². The van der Waals surface area contributed by atoms with E-state index in [-0.39, 0.29) is 29.4 Å². The molecule has 1 heterocycles. The third kappa shape index (κ3) is 2.29. The molecule has 0 amide bonds. The first-order valence-electron chi connectivity index (χ1n) is 4.68. The maximum Gasteiger partial charge on any atom is 0.0709 e. The van der Waals surface area contributed by atoms with Crippen LogP contribution in [0.5, 0.6) is 0 Å². The van der Waals surface area contributed by atoms with Crippen LogP contribution < -0.4 is 0 Å². The number of aromatic nitrogens is 1. The maximum absolute atomic E-state index is 4.58. The summed E-state index contributed by atoms with van der Waals surface area (Å²) >= 11 is 0. The molecule has 1 unspecified atom stereocenters. The third-order valence-corrected chi connectivity index (χ3v) is 2.43. The number of rotatable bonds is 0. The summed E-state index contributed by atoms with van der Waals surface area (Å²) in [5.41, 5.74) is 2.12. The first-order valence-corrected chi connectivity index (χ1v) is 4.68. The second-order valence-electron chi connectivity index (χ2n) is 3.37. The van der Waals surface area contributed by atoms with Crippen LogP contribution in [0, 0.1) is 0 Å². The topological polar surface area (TPSA) is 12.9 Å². The van der Waals surface area contributed by atoms with Crippen molar-refractivity contribution in [3.8, 4) is 0 Å². The van der Waals surface area contributed by atoms with Crippen molar-refractivity contribution in [1.29, 1.82) is 0 Å². The van der Waals surface area contributed by atoms with Gasteiger partial charge in [-0.05, 0) is 18.2 Å². The van der Waals surface area contributed by atoms with E-state index in [1.54, 1.807) is 0 Å². The molecule has 82 valence electrons. The summed E-state index contributed by atoms with van der Waals surface area (Å²) in [5, 5.41) is 2.40. The van der Waals surface area contributed by atoms with Crippen molar-refractivity contribution in [1.82, 2.24) is 4.98 Å². The van der Waals surface area contributed by atoms with Gasteiger partial charge < -0.3 is 0 Å². The van der Waals surface area contributed by atoms with Gasteiger partial charge in [0, 0.05) is 30.3 Å². The zero-order valence-corrected chi connectivity index (χ0v) is 11.9. The largest absolute Gasteiger partial charge is 0.248 e. The second kappa shape index (κ2) is 5.48. The fourth-order valence-corrected chi connectivity index (χ4v) is 1.72. The maximum atomic E-state index is 4.58. The summed E-state index contributed by atoms with van der Waals surface area (Å²) < 4.78 is 0. The molecule has 0 radical (unpaired) electrons. The molecule has 1 nitrogen and oxygen atoms in total. The number of para-hydroxylation sites is 2. The van der Waals surface area contributed by atoms with Gasteiger partial charge in [-0.3, -0.25) is 0 Å². The first kappa shape index (κ1) is 13.2. The molecule has 0 aliphatic carbocycles. The fourth-order valence-electron chi connectivity index (χ4n) is 1.72. The fraction of sp³-hybridized carbons (Fsp3) is 0. The normalized spacial score (nSPS) is 9.50. The summed E-state index contributed by atoms with van der Waals surface area (Å²) in [6.45, 7) is 0. The Hall–Kier alpha value is -0.837. The van der Waals surface area contributed by atoms with E-state index in [0.29, 0.717) is 0 Å². The van der Waals surface area contributed by atoms with E-state index < -0.39 is 0 Å². The molecule has 0 saturated carbocycles. The van der Waals surface area contributed by atoms with Gasteiger partial charge in [0.15, 0.2) is 0 Å². The quantitative estimate of drug-likeness (QED) is 0.352. The first-order chi connectivity index (χ1) is 6.93. The average Bonchev–Trinajstić information content (AvgIpc) is 2.26. The van der Waals surface area contributed by atoms with E-state index in [0.717, 1.165) is 11.0 Å². The number of pyridine rings is 1. The van der Waals surface area contributed by atoms with Gasteiger partial charge in [0.1, 0.15) is 0 Å². The van der Waals surface area contributed by atoms with Crippen molar-refractivity contribution in [2.45, 2.75) is 0 Å². The molecular formula is C13H12NPRu. The average molecular weight is 314 g/mol. The Morgan fingerprint density at radius 3 is 1.62 bits per heavy atom. The summed E-state index contributed by atoms with van der Waals surface area (Å²) in [5.74, 6) is 0. The molecule has 0 spiro atoms. The second-order valence-corrected chi connectivity index (χ2v) is 3.37. The molecule has 1 atom stereocenters. The minimum atomic E-state index is 0. The molecule has 2 aromatic carbocycles. The molecule has 16 heavy (non-hydrogen) atoms. The zero-order valence-electron chi connectivity index (χ0n) is 8.70. The number of benzene rings is 2. The molecule has 0 fully saturated rings. The van der Waals surface area contributed by atoms with Crippen LogP contribution in [0.4, 0.5) is 0 Å². The number of nitrogens with zero attached hydrogens (tertiary/aromatic N) is 1. The molecule has 0 N–H and O–H groups in total. The van der Waals surface area contributed by atoms with E-state index in [2.05, 4.69) is 23.2 Å². The zero-order chi connectivity index (χ0) is 9.38. The SMILES string of the molecule is P.[Ru].c1ccc2nc3ccccc3cc2c1. The summed E-state index contributed by atoms with van der Waals surface area (Å²) in [4.78, 5) is 4.58. The Bertz CT molecular complexity index is 505. The molecule has 0 saturated heterocycles.